The highest BCUT2D eigenvalue weighted by atomic mass is 35.5. The van der Waals surface area contributed by atoms with Crippen LogP contribution in [0.1, 0.15) is 5.56 Å². The Morgan fingerprint density at radius 1 is 1.31 bits per heavy atom. The van der Waals surface area contributed by atoms with Gasteiger partial charge in [-0.25, -0.2) is 10.2 Å². The molecule has 5 nitrogen and oxygen atoms in total. The summed E-state index contributed by atoms with van der Waals surface area (Å²) in [6.07, 6.45) is 0. The van der Waals surface area contributed by atoms with E-state index in [0.717, 1.165) is 5.56 Å². The summed E-state index contributed by atoms with van der Waals surface area (Å²) in [5, 5.41) is 4.13. The van der Waals surface area contributed by atoms with Crippen LogP contribution in [0.4, 0.5) is 4.79 Å². The number of rotatable bonds is 2. The fourth-order valence-electron chi connectivity index (χ4n) is 1.39. The van der Waals surface area contributed by atoms with Gasteiger partial charge in [-0.2, -0.15) is 0 Å². The minimum Gasteiger partial charge on any atom is -0.276 e. The molecule has 1 aromatic rings. The van der Waals surface area contributed by atoms with Crippen LogP contribution in [0.2, 0.25) is 5.02 Å². The molecule has 0 aromatic heterocycles. The number of carbonyl (C=O) groups is 2. The van der Waals surface area contributed by atoms with Gasteiger partial charge in [0.2, 0.25) is 5.91 Å². The normalized spacial score (nSPS) is 16.2. The number of nitrogens with zero attached hydrogens (tertiary/aromatic N) is 1. The lowest BCUT2D eigenvalue weighted by molar-refractivity contribution is -0.121. The summed E-state index contributed by atoms with van der Waals surface area (Å²) in [5.74, 6) is -0.333. The quantitative estimate of drug-likeness (QED) is 0.806. The van der Waals surface area contributed by atoms with Crippen LogP contribution in [0.5, 0.6) is 0 Å². The van der Waals surface area contributed by atoms with Crippen LogP contribution >= 0.6 is 11.6 Å². The number of halogens is 1. The van der Waals surface area contributed by atoms with Gasteiger partial charge in [0.05, 0.1) is 13.1 Å². The van der Waals surface area contributed by atoms with Crippen molar-refractivity contribution < 1.29 is 9.59 Å². The van der Waals surface area contributed by atoms with E-state index in [9.17, 15) is 9.59 Å². The summed E-state index contributed by atoms with van der Waals surface area (Å²) >= 11 is 5.97. The van der Waals surface area contributed by atoms with Crippen molar-refractivity contribution in [1.29, 1.82) is 0 Å². The molecule has 16 heavy (non-hydrogen) atoms. The van der Waals surface area contributed by atoms with Gasteiger partial charge in [-0.1, -0.05) is 29.8 Å². The van der Waals surface area contributed by atoms with E-state index in [1.54, 1.807) is 6.07 Å². The summed E-state index contributed by atoms with van der Waals surface area (Å²) in [5.41, 5.74) is 3.53. The molecule has 1 aromatic carbocycles. The highest BCUT2D eigenvalue weighted by Crippen LogP contribution is 2.16. The van der Waals surface area contributed by atoms with Crippen molar-refractivity contribution in [2.24, 2.45) is 0 Å². The molecule has 3 amide bonds. The molecule has 1 aliphatic heterocycles. The average molecular weight is 240 g/mol. The lowest BCUT2D eigenvalue weighted by atomic mass is 10.2. The Labute approximate surface area is 97.3 Å². The first-order chi connectivity index (χ1) is 7.66. The van der Waals surface area contributed by atoms with Crippen LogP contribution in [-0.2, 0) is 11.3 Å². The van der Waals surface area contributed by atoms with E-state index in [1.165, 1.54) is 5.01 Å². The standard InChI is InChI=1S/C10H10ClN3O2/c11-8-4-2-1-3-7(8)6-14-10(16)13-9(15)5-12-14/h1-4,12H,5-6H2,(H,13,15,16). The van der Waals surface area contributed by atoms with Gasteiger partial charge < -0.3 is 0 Å². The molecular weight excluding hydrogens is 230 g/mol. The van der Waals surface area contributed by atoms with Gasteiger partial charge >= 0.3 is 6.03 Å². The summed E-state index contributed by atoms with van der Waals surface area (Å²) in [7, 11) is 0. The Hall–Kier alpha value is -1.59. The third kappa shape index (κ3) is 2.32. The van der Waals surface area contributed by atoms with Crippen LogP contribution in [-0.4, -0.2) is 23.5 Å². The van der Waals surface area contributed by atoms with E-state index in [-0.39, 0.29) is 12.5 Å². The Morgan fingerprint density at radius 3 is 2.75 bits per heavy atom. The number of carbonyl (C=O) groups excluding carboxylic acids is 2. The van der Waals surface area contributed by atoms with Crippen molar-refractivity contribution in [1.82, 2.24) is 15.8 Å². The third-order valence-corrected chi connectivity index (χ3v) is 2.58. The topological polar surface area (TPSA) is 61.4 Å². The van der Waals surface area contributed by atoms with Crippen LogP contribution in [0.25, 0.3) is 0 Å². The van der Waals surface area contributed by atoms with E-state index in [4.69, 9.17) is 11.6 Å². The molecule has 0 unspecified atom stereocenters. The van der Waals surface area contributed by atoms with Gasteiger partial charge in [0.1, 0.15) is 0 Å². The molecule has 0 aliphatic carbocycles. The summed E-state index contributed by atoms with van der Waals surface area (Å²) < 4.78 is 0. The highest BCUT2D eigenvalue weighted by molar-refractivity contribution is 6.31. The predicted molar refractivity (Wildman–Crippen MR) is 58.5 cm³/mol. The number of imide groups is 1. The number of benzene rings is 1. The first-order valence-electron chi connectivity index (χ1n) is 4.75. The van der Waals surface area contributed by atoms with Gasteiger partial charge in [0.15, 0.2) is 0 Å². The van der Waals surface area contributed by atoms with E-state index in [1.807, 2.05) is 18.2 Å². The SMILES string of the molecule is O=C1CNN(Cc2ccccc2Cl)C(=O)N1. The van der Waals surface area contributed by atoms with Crippen molar-refractivity contribution in [3.8, 4) is 0 Å². The molecule has 1 heterocycles. The van der Waals surface area contributed by atoms with Crippen LogP contribution < -0.4 is 10.7 Å². The number of hydrogen-bond acceptors (Lipinski definition) is 3. The van der Waals surface area contributed by atoms with Gasteiger partial charge in [-0.3, -0.25) is 15.1 Å². The zero-order valence-electron chi connectivity index (χ0n) is 8.37. The van der Waals surface area contributed by atoms with E-state index in [2.05, 4.69) is 10.7 Å². The maximum Gasteiger partial charge on any atom is 0.338 e. The van der Waals surface area contributed by atoms with Crippen molar-refractivity contribution in [2.45, 2.75) is 6.54 Å². The van der Waals surface area contributed by atoms with Crippen molar-refractivity contribution >= 4 is 23.5 Å². The summed E-state index contributed by atoms with van der Waals surface area (Å²) in [6.45, 7) is 0.412. The van der Waals surface area contributed by atoms with E-state index < -0.39 is 6.03 Å². The van der Waals surface area contributed by atoms with Crippen LogP contribution in [0.3, 0.4) is 0 Å². The fraction of sp³-hybridized carbons (Fsp3) is 0.200. The number of urea groups is 1. The lowest BCUT2D eigenvalue weighted by Gasteiger charge is -2.27. The second kappa shape index (κ2) is 4.51. The van der Waals surface area contributed by atoms with Crippen LogP contribution in [0, 0.1) is 0 Å². The number of hydrogen-bond donors (Lipinski definition) is 2. The highest BCUT2D eigenvalue weighted by Gasteiger charge is 2.22. The molecule has 1 saturated heterocycles. The molecule has 1 aliphatic rings. The molecule has 6 heteroatoms. The van der Waals surface area contributed by atoms with Crippen molar-refractivity contribution in [3.63, 3.8) is 0 Å². The fourth-order valence-corrected chi connectivity index (χ4v) is 1.59. The average Bonchev–Trinajstić information content (AvgIpc) is 2.25. The molecule has 2 rings (SSSR count). The Morgan fingerprint density at radius 2 is 2.06 bits per heavy atom. The lowest BCUT2D eigenvalue weighted by Crippen LogP contribution is -2.58. The number of amides is 3. The molecule has 0 atom stereocenters. The first-order valence-corrected chi connectivity index (χ1v) is 5.13. The predicted octanol–water partition coefficient (Wildman–Crippen LogP) is 0.896. The third-order valence-electron chi connectivity index (χ3n) is 2.21. The summed E-state index contributed by atoms with van der Waals surface area (Å²) in [4.78, 5) is 22.3. The molecule has 0 saturated carbocycles. The van der Waals surface area contributed by atoms with E-state index in [0.29, 0.717) is 11.6 Å². The minimum atomic E-state index is -0.462. The molecule has 0 spiro atoms. The van der Waals surface area contributed by atoms with Gasteiger partial charge in [0.25, 0.3) is 0 Å². The zero-order chi connectivity index (χ0) is 11.5. The Kier molecular flexibility index (Phi) is 3.07. The minimum absolute atomic E-state index is 0.0934. The van der Waals surface area contributed by atoms with E-state index >= 15 is 0 Å². The number of nitrogens with one attached hydrogen (secondary N) is 2. The second-order valence-electron chi connectivity index (χ2n) is 3.37. The zero-order valence-corrected chi connectivity index (χ0v) is 9.12. The molecule has 84 valence electrons. The van der Waals surface area contributed by atoms with Crippen LogP contribution in [0.15, 0.2) is 24.3 Å². The number of hydrazine groups is 1. The van der Waals surface area contributed by atoms with Crippen molar-refractivity contribution in [2.75, 3.05) is 6.54 Å². The molecular formula is C10H10ClN3O2. The van der Waals surface area contributed by atoms with Gasteiger partial charge in [-0.15, -0.1) is 0 Å². The maximum absolute atomic E-state index is 11.4. The largest absolute Gasteiger partial charge is 0.338 e. The van der Waals surface area contributed by atoms with Gasteiger partial charge in [0, 0.05) is 5.02 Å². The molecule has 0 bridgehead atoms. The monoisotopic (exact) mass is 239 g/mol. The molecule has 1 fully saturated rings. The molecule has 0 radical (unpaired) electrons. The maximum atomic E-state index is 11.4. The Balaban J connectivity index is 2.08. The smallest absolute Gasteiger partial charge is 0.276 e. The van der Waals surface area contributed by atoms with Crippen molar-refractivity contribution in [3.05, 3.63) is 34.9 Å². The summed E-state index contributed by atoms with van der Waals surface area (Å²) in [6, 6.07) is 6.78. The second-order valence-corrected chi connectivity index (χ2v) is 3.77. The Bertz CT molecular complexity index is 436. The first kappa shape index (κ1) is 10.9. The molecule has 2 N–H and O–H groups in total. The van der Waals surface area contributed by atoms with Gasteiger partial charge in [-0.05, 0) is 11.6 Å².